The minimum absolute atomic E-state index is 0.221. The Morgan fingerprint density at radius 3 is 2.62 bits per heavy atom. The molecule has 1 heterocycles. The van der Waals surface area contributed by atoms with Crippen LogP contribution >= 0.6 is 0 Å². The lowest BCUT2D eigenvalue weighted by Crippen LogP contribution is -2.04. The second-order valence-electron chi connectivity index (χ2n) is 2.75. The molecule has 1 aromatic rings. The highest BCUT2D eigenvalue weighted by Gasteiger charge is 2.11. The maximum absolute atomic E-state index is 10.7. The first-order valence-electron chi connectivity index (χ1n) is 3.81. The van der Waals surface area contributed by atoms with Gasteiger partial charge in [-0.1, -0.05) is 0 Å². The number of hydrogen-bond acceptors (Lipinski definition) is 3. The number of aromatic nitrogens is 1. The van der Waals surface area contributed by atoms with Crippen LogP contribution in [0.15, 0.2) is 6.07 Å². The van der Waals surface area contributed by atoms with Crippen LogP contribution in [0.2, 0.25) is 0 Å². The average molecular weight is 181 g/mol. The van der Waals surface area contributed by atoms with E-state index in [0.29, 0.717) is 11.6 Å². The van der Waals surface area contributed by atoms with E-state index in [4.69, 9.17) is 9.84 Å². The number of carboxylic acid groups (broad SMARTS) is 1. The van der Waals surface area contributed by atoms with E-state index in [0.717, 1.165) is 5.56 Å². The Balaban J connectivity index is 3.28. The highest BCUT2D eigenvalue weighted by atomic mass is 16.5. The van der Waals surface area contributed by atoms with Crippen molar-refractivity contribution >= 4 is 5.97 Å². The van der Waals surface area contributed by atoms with Gasteiger partial charge in [0.2, 0.25) is 5.88 Å². The lowest BCUT2D eigenvalue weighted by molar-refractivity contribution is 0.0695. The van der Waals surface area contributed by atoms with Gasteiger partial charge in [-0.05, 0) is 19.9 Å². The molecule has 1 rings (SSSR count). The van der Waals surface area contributed by atoms with Crippen molar-refractivity contribution in [1.82, 2.24) is 4.98 Å². The lowest BCUT2D eigenvalue weighted by Gasteiger charge is -2.06. The van der Waals surface area contributed by atoms with Gasteiger partial charge in [-0.2, -0.15) is 0 Å². The van der Waals surface area contributed by atoms with Crippen molar-refractivity contribution in [3.63, 3.8) is 0 Å². The summed E-state index contributed by atoms with van der Waals surface area (Å²) in [4.78, 5) is 14.7. The second kappa shape index (κ2) is 3.43. The van der Waals surface area contributed by atoms with E-state index in [1.54, 1.807) is 19.9 Å². The second-order valence-corrected chi connectivity index (χ2v) is 2.75. The maximum Gasteiger partial charge on any atom is 0.337 e. The van der Waals surface area contributed by atoms with E-state index in [1.807, 2.05) is 0 Å². The zero-order valence-electron chi connectivity index (χ0n) is 7.79. The van der Waals surface area contributed by atoms with E-state index in [-0.39, 0.29) is 5.56 Å². The van der Waals surface area contributed by atoms with Crippen molar-refractivity contribution < 1.29 is 14.6 Å². The van der Waals surface area contributed by atoms with Gasteiger partial charge in [0.1, 0.15) is 0 Å². The summed E-state index contributed by atoms with van der Waals surface area (Å²) in [6, 6.07) is 1.56. The van der Waals surface area contributed by atoms with Crippen molar-refractivity contribution in [2.45, 2.75) is 13.8 Å². The maximum atomic E-state index is 10.7. The molecule has 4 nitrogen and oxygen atoms in total. The number of nitrogens with zero attached hydrogens (tertiary/aromatic N) is 1. The first-order chi connectivity index (χ1) is 6.06. The molecule has 0 aliphatic heterocycles. The standard InChI is InChI=1S/C9H11NO3/c1-5-4-7(9(11)12)6(2)10-8(5)13-3/h4H,1-3H3,(H,11,12). The predicted octanol–water partition coefficient (Wildman–Crippen LogP) is 1.41. The van der Waals surface area contributed by atoms with E-state index in [9.17, 15) is 4.79 Å². The molecule has 0 aromatic carbocycles. The van der Waals surface area contributed by atoms with Crippen molar-refractivity contribution in [1.29, 1.82) is 0 Å². The molecule has 1 aromatic heterocycles. The summed E-state index contributed by atoms with van der Waals surface area (Å²) < 4.78 is 4.96. The largest absolute Gasteiger partial charge is 0.481 e. The van der Waals surface area contributed by atoms with Crippen LogP contribution in [0.4, 0.5) is 0 Å². The Hall–Kier alpha value is -1.58. The van der Waals surface area contributed by atoms with Crippen LogP contribution < -0.4 is 4.74 Å². The van der Waals surface area contributed by atoms with Crippen molar-refractivity contribution in [2.24, 2.45) is 0 Å². The fourth-order valence-corrected chi connectivity index (χ4v) is 1.11. The normalized spacial score (nSPS) is 9.77. The fraction of sp³-hybridized carbons (Fsp3) is 0.333. The summed E-state index contributed by atoms with van der Waals surface area (Å²) >= 11 is 0. The van der Waals surface area contributed by atoms with Crippen LogP contribution in [0.3, 0.4) is 0 Å². The van der Waals surface area contributed by atoms with Crippen LogP contribution in [-0.4, -0.2) is 23.2 Å². The summed E-state index contributed by atoms with van der Waals surface area (Å²) in [6.07, 6.45) is 0. The molecule has 0 fully saturated rings. The summed E-state index contributed by atoms with van der Waals surface area (Å²) in [5.41, 5.74) is 1.42. The number of methoxy groups -OCH3 is 1. The molecular weight excluding hydrogens is 170 g/mol. The van der Waals surface area contributed by atoms with Gasteiger partial charge in [0.25, 0.3) is 0 Å². The number of ether oxygens (including phenoxy) is 1. The first kappa shape index (κ1) is 9.51. The van der Waals surface area contributed by atoms with Gasteiger partial charge in [0.15, 0.2) is 0 Å². The Morgan fingerprint density at radius 1 is 1.54 bits per heavy atom. The Morgan fingerprint density at radius 2 is 2.15 bits per heavy atom. The van der Waals surface area contributed by atoms with E-state index in [1.165, 1.54) is 7.11 Å². The van der Waals surface area contributed by atoms with Gasteiger partial charge >= 0.3 is 5.97 Å². The van der Waals surface area contributed by atoms with Gasteiger partial charge in [-0.15, -0.1) is 0 Å². The molecule has 13 heavy (non-hydrogen) atoms. The molecule has 0 saturated carbocycles. The SMILES string of the molecule is COc1nc(C)c(C(=O)O)cc1C. The molecule has 4 heteroatoms. The third kappa shape index (κ3) is 1.77. The topological polar surface area (TPSA) is 59.4 Å². The van der Waals surface area contributed by atoms with Gasteiger partial charge in [-0.3, -0.25) is 0 Å². The third-order valence-electron chi connectivity index (χ3n) is 1.78. The van der Waals surface area contributed by atoms with Crippen molar-refractivity contribution in [2.75, 3.05) is 7.11 Å². The Bertz CT molecular complexity index is 347. The molecule has 0 spiro atoms. The molecule has 0 amide bonds. The van der Waals surface area contributed by atoms with Crippen LogP contribution in [0.25, 0.3) is 0 Å². The molecule has 0 aliphatic rings. The number of aryl methyl sites for hydroxylation is 2. The van der Waals surface area contributed by atoms with Gasteiger partial charge in [0, 0.05) is 5.56 Å². The van der Waals surface area contributed by atoms with Gasteiger partial charge in [0.05, 0.1) is 18.4 Å². The van der Waals surface area contributed by atoms with Crippen molar-refractivity contribution in [3.8, 4) is 5.88 Å². The van der Waals surface area contributed by atoms with Crippen molar-refractivity contribution in [3.05, 3.63) is 22.9 Å². The summed E-state index contributed by atoms with van der Waals surface area (Å²) in [7, 11) is 1.51. The number of carboxylic acids is 1. The van der Waals surface area contributed by atoms with Crippen LogP contribution in [0.5, 0.6) is 5.88 Å². The number of rotatable bonds is 2. The Labute approximate surface area is 76.2 Å². The highest BCUT2D eigenvalue weighted by molar-refractivity contribution is 5.89. The number of aromatic carboxylic acids is 1. The lowest BCUT2D eigenvalue weighted by atomic mass is 10.1. The number of hydrogen-bond donors (Lipinski definition) is 1. The Kier molecular flexibility index (Phi) is 2.51. The predicted molar refractivity (Wildman–Crippen MR) is 47.2 cm³/mol. The molecular formula is C9H11NO3. The molecule has 0 unspecified atom stereocenters. The van der Waals surface area contributed by atoms with Crippen LogP contribution in [0.1, 0.15) is 21.6 Å². The smallest absolute Gasteiger partial charge is 0.337 e. The molecule has 0 aliphatic carbocycles. The van der Waals surface area contributed by atoms with E-state index < -0.39 is 5.97 Å². The highest BCUT2D eigenvalue weighted by Crippen LogP contribution is 2.17. The monoisotopic (exact) mass is 181 g/mol. The molecule has 0 saturated heterocycles. The minimum atomic E-state index is -0.962. The van der Waals surface area contributed by atoms with Crippen LogP contribution in [-0.2, 0) is 0 Å². The zero-order chi connectivity index (χ0) is 10.0. The zero-order valence-corrected chi connectivity index (χ0v) is 7.79. The molecule has 70 valence electrons. The average Bonchev–Trinajstić information content (AvgIpc) is 2.07. The molecule has 0 radical (unpaired) electrons. The fourth-order valence-electron chi connectivity index (χ4n) is 1.11. The van der Waals surface area contributed by atoms with Gasteiger partial charge < -0.3 is 9.84 Å². The molecule has 0 bridgehead atoms. The first-order valence-corrected chi connectivity index (χ1v) is 3.81. The number of carbonyl (C=O) groups is 1. The van der Waals surface area contributed by atoms with E-state index in [2.05, 4.69) is 4.98 Å². The summed E-state index contributed by atoms with van der Waals surface area (Å²) in [6.45, 7) is 3.41. The summed E-state index contributed by atoms with van der Waals surface area (Å²) in [5.74, 6) is -0.488. The van der Waals surface area contributed by atoms with Gasteiger partial charge in [-0.25, -0.2) is 9.78 Å². The van der Waals surface area contributed by atoms with E-state index >= 15 is 0 Å². The quantitative estimate of drug-likeness (QED) is 0.749. The third-order valence-corrected chi connectivity index (χ3v) is 1.78. The number of pyridine rings is 1. The van der Waals surface area contributed by atoms with Crippen LogP contribution in [0, 0.1) is 13.8 Å². The molecule has 0 atom stereocenters. The molecule has 1 N–H and O–H groups in total. The summed E-state index contributed by atoms with van der Waals surface area (Å²) in [5, 5.41) is 8.77. The minimum Gasteiger partial charge on any atom is -0.481 e.